The predicted octanol–water partition coefficient (Wildman–Crippen LogP) is 4.42. The molecular weight excluding hydrogens is 420 g/mol. The minimum absolute atomic E-state index is 0.164. The van der Waals surface area contributed by atoms with Gasteiger partial charge in [0.15, 0.2) is 4.90 Å². The molecule has 0 fully saturated rings. The molecule has 168 valence electrons. The molecule has 6 nitrogen and oxygen atoms in total. The van der Waals surface area contributed by atoms with Crippen LogP contribution in [0.2, 0.25) is 0 Å². The Bertz CT molecular complexity index is 941. The molecule has 1 unspecified atom stereocenters. The van der Waals surface area contributed by atoms with Gasteiger partial charge in [-0.25, -0.2) is 4.79 Å². The average molecular weight is 451 g/mol. The number of unbranched alkanes of at least 4 members (excludes halogenated alkanes) is 3. The van der Waals surface area contributed by atoms with Gasteiger partial charge in [0.05, 0.1) is 11.4 Å². The topological polar surface area (TPSA) is 89.1 Å². The maximum absolute atomic E-state index is 12.8. The Morgan fingerprint density at radius 2 is 1.59 bits per heavy atom. The smallest absolute Gasteiger partial charge is 0.315 e. The number of carbonyl (C=O) groups is 1. The SMILES string of the molecule is O=C(NCCCCCCN[S+]([O-])c1ccccc1-c1ccccc1)NCc1cccnc1. The maximum Gasteiger partial charge on any atom is 0.315 e. The highest BCUT2D eigenvalue weighted by molar-refractivity contribution is 7.89. The monoisotopic (exact) mass is 450 g/mol. The predicted molar refractivity (Wildman–Crippen MR) is 129 cm³/mol. The average Bonchev–Trinajstić information content (AvgIpc) is 2.85. The van der Waals surface area contributed by atoms with E-state index in [0.29, 0.717) is 19.6 Å². The zero-order valence-electron chi connectivity index (χ0n) is 18.1. The van der Waals surface area contributed by atoms with E-state index in [2.05, 4.69) is 20.3 Å². The van der Waals surface area contributed by atoms with E-state index < -0.39 is 11.4 Å². The Morgan fingerprint density at radius 3 is 2.38 bits per heavy atom. The van der Waals surface area contributed by atoms with E-state index >= 15 is 0 Å². The van der Waals surface area contributed by atoms with E-state index in [1.165, 1.54) is 0 Å². The highest BCUT2D eigenvalue weighted by Gasteiger charge is 2.16. The Kier molecular flexibility index (Phi) is 10.1. The van der Waals surface area contributed by atoms with Crippen molar-refractivity contribution >= 4 is 17.4 Å². The molecule has 0 aliphatic rings. The molecule has 32 heavy (non-hydrogen) atoms. The lowest BCUT2D eigenvalue weighted by atomic mass is 10.1. The van der Waals surface area contributed by atoms with Crippen molar-refractivity contribution in [2.24, 2.45) is 0 Å². The highest BCUT2D eigenvalue weighted by Crippen LogP contribution is 2.26. The number of nitrogens with one attached hydrogen (secondary N) is 3. The summed E-state index contributed by atoms with van der Waals surface area (Å²) in [5, 5.41) is 5.69. The van der Waals surface area contributed by atoms with Gasteiger partial charge in [0.2, 0.25) is 0 Å². The number of nitrogens with zero attached hydrogens (tertiary/aromatic N) is 1. The first-order chi connectivity index (χ1) is 15.7. The number of rotatable bonds is 12. The molecule has 0 spiro atoms. The summed E-state index contributed by atoms with van der Waals surface area (Å²) < 4.78 is 15.9. The van der Waals surface area contributed by atoms with Gasteiger partial charge >= 0.3 is 6.03 Å². The molecule has 0 bridgehead atoms. The summed E-state index contributed by atoms with van der Waals surface area (Å²) in [4.78, 5) is 16.6. The van der Waals surface area contributed by atoms with Crippen LogP contribution in [0.4, 0.5) is 4.79 Å². The lowest BCUT2D eigenvalue weighted by molar-refractivity contribution is 0.240. The summed E-state index contributed by atoms with van der Waals surface area (Å²) in [5.74, 6) is 0. The number of benzene rings is 2. The zero-order valence-corrected chi connectivity index (χ0v) is 18.9. The summed E-state index contributed by atoms with van der Waals surface area (Å²) in [7, 11) is 0. The number of aromatic nitrogens is 1. The van der Waals surface area contributed by atoms with E-state index in [4.69, 9.17) is 0 Å². The van der Waals surface area contributed by atoms with E-state index in [9.17, 15) is 9.35 Å². The zero-order chi connectivity index (χ0) is 22.4. The Balaban J connectivity index is 1.27. The van der Waals surface area contributed by atoms with E-state index in [1.807, 2.05) is 66.7 Å². The Hall–Kier alpha value is -2.87. The van der Waals surface area contributed by atoms with Crippen molar-refractivity contribution < 1.29 is 9.35 Å². The number of carbonyl (C=O) groups excluding carboxylic acids is 1. The van der Waals surface area contributed by atoms with Crippen LogP contribution in [0, 0.1) is 0 Å². The third kappa shape index (κ3) is 8.00. The van der Waals surface area contributed by atoms with Crippen molar-refractivity contribution in [3.63, 3.8) is 0 Å². The van der Waals surface area contributed by atoms with Crippen LogP contribution >= 0.6 is 0 Å². The summed E-state index contributed by atoms with van der Waals surface area (Å²) in [5.41, 5.74) is 3.03. The number of pyridine rings is 1. The lowest BCUT2D eigenvalue weighted by Gasteiger charge is -2.14. The summed E-state index contributed by atoms with van der Waals surface area (Å²) in [6, 6.07) is 21.4. The molecule has 0 aliphatic carbocycles. The normalized spacial score (nSPS) is 11.7. The van der Waals surface area contributed by atoms with Crippen LogP contribution < -0.4 is 15.4 Å². The minimum atomic E-state index is -1.25. The number of amides is 2. The summed E-state index contributed by atoms with van der Waals surface area (Å²) in [6.07, 6.45) is 7.33. The number of hydrogen-bond donors (Lipinski definition) is 3. The molecule has 2 aromatic carbocycles. The van der Waals surface area contributed by atoms with Crippen molar-refractivity contribution in [1.29, 1.82) is 0 Å². The Morgan fingerprint density at radius 1 is 0.844 bits per heavy atom. The number of urea groups is 1. The molecule has 1 heterocycles. The molecule has 3 aromatic rings. The van der Waals surface area contributed by atoms with E-state index in [1.54, 1.807) is 12.4 Å². The molecule has 3 N–H and O–H groups in total. The van der Waals surface area contributed by atoms with E-state index in [-0.39, 0.29) is 6.03 Å². The van der Waals surface area contributed by atoms with Crippen molar-refractivity contribution in [3.8, 4) is 11.1 Å². The van der Waals surface area contributed by atoms with Crippen LogP contribution in [-0.4, -0.2) is 28.7 Å². The van der Waals surface area contributed by atoms with Crippen molar-refractivity contribution in [3.05, 3.63) is 84.7 Å². The standard InChI is InChI=1S/C25H30N4O2S/c30-25(28-20-21-11-10-16-26-19-21)27-17-8-1-2-9-18-29-32(31)24-15-7-6-14-23(24)22-12-4-3-5-13-22/h3-7,10-16,19,29H,1-2,8-9,17-18,20H2,(H2,27,28,30). The fourth-order valence-corrected chi connectivity index (χ4v) is 4.35. The fraction of sp³-hybridized carbons (Fsp3) is 0.280. The van der Waals surface area contributed by atoms with Gasteiger partial charge in [-0.15, -0.1) is 4.72 Å². The quantitative estimate of drug-likeness (QED) is 0.281. The molecule has 1 aromatic heterocycles. The van der Waals surface area contributed by atoms with E-state index in [0.717, 1.165) is 47.3 Å². The molecule has 0 radical (unpaired) electrons. The Labute approximate surface area is 193 Å². The van der Waals surface area contributed by atoms with Crippen LogP contribution in [0.3, 0.4) is 0 Å². The largest absolute Gasteiger partial charge is 0.593 e. The molecule has 3 rings (SSSR count). The third-order valence-electron chi connectivity index (χ3n) is 4.97. The molecule has 2 amide bonds. The van der Waals surface area contributed by atoms with Crippen molar-refractivity contribution in [1.82, 2.24) is 20.3 Å². The first kappa shape index (κ1) is 23.8. The molecule has 0 aliphatic heterocycles. The van der Waals surface area contributed by atoms with Gasteiger partial charge in [0, 0.05) is 37.6 Å². The molecule has 0 saturated heterocycles. The van der Waals surface area contributed by atoms with Crippen LogP contribution in [0.1, 0.15) is 31.2 Å². The second-order valence-corrected chi connectivity index (χ2v) is 8.68. The molecule has 7 heteroatoms. The van der Waals surface area contributed by atoms with Crippen LogP contribution in [-0.2, 0) is 17.9 Å². The molecular formula is C25H30N4O2S. The minimum Gasteiger partial charge on any atom is -0.593 e. The summed E-state index contributed by atoms with van der Waals surface area (Å²) in [6.45, 7) is 1.80. The highest BCUT2D eigenvalue weighted by atomic mass is 32.2. The molecule has 1 atom stereocenters. The van der Waals surface area contributed by atoms with Gasteiger partial charge in [0.25, 0.3) is 0 Å². The van der Waals surface area contributed by atoms with Gasteiger partial charge in [-0.05, 0) is 42.2 Å². The van der Waals surface area contributed by atoms with Crippen LogP contribution in [0.5, 0.6) is 0 Å². The van der Waals surface area contributed by atoms with Gasteiger partial charge < -0.3 is 15.2 Å². The maximum atomic E-state index is 12.8. The van der Waals surface area contributed by atoms with Crippen molar-refractivity contribution in [2.75, 3.05) is 13.1 Å². The number of hydrogen-bond acceptors (Lipinski definition) is 4. The second-order valence-electron chi connectivity index (χ2n) is 7.41. The van der Waals surface area contributed by atoms with Crippen molar-refractivity contribution in [2.45, 2.75) is 37.1 Å². The summed E-state index contributed by atoms with van der Waals surface area (Å²) >= 11 is -1.25. The first-order valence-corrected chi connectivity index (χ1v) is 12.1. The van der Waals surface area contributed by atoms with Gasteiger partial charge in [-0.2, -0.15) is 0 Å². The molecule has 0 saturated carbocycles. The van der Waals surface area contributed by atoms with Crippen LogP contribution in [0.25, 0.3) is 11.1 Å². The fourth-order valence-electron chi connectivity index (χ4n) is 3.28. The van der Waals surface area contributed by atoms with Crippen LogP contribution in [0.15, 0.2) is 84.0 Å². The first-order valence-electron chi connectivity index (χ1n) is 10.9. The lowest BCUT2D eigenvalue weighted by Crippen LogP contribution is -2.35. The van der Waals surface area contributed by atoms with Gasteiger partial charge in [-0.3, -0.25) is 4.98 Å². The third-order valence-corrected chi connectivity index (χ3v) is 6.19. The second kappa shape index (κ2) is 13.5. The van der Waals surface area contributed by atoms with Gasteiger partial charge in [-0.1, -0.05) is 61.4 Å². The van der Waals surface area contributed by atoms with Gasteiger partial charge in [0.1, 0.15) is 0 Å².